The smallest absolute Gasteiger partial charge is 0.325 e. The number of rotatable bonds is 7. The fourth-order valence-corrected chi connectivity index (χ4v) is 4.17. The van der Waals surface area contributed by atoms with E-state index in [0.717, 1.165) is 0 Å². The summed E-state index contributed by atoms with van der Waals surface area (Å²) >= 11 is 0. The fourth-order valence-electron chi connectivity index (χ4n) is 3.21. The van der Waals surface area contributed by atoms with Crippen LogP contribution in [0.25, 0.3) is 0 Å². The molecule has 10 nitrogen and oxygen atoms in total. The molecule has 1 aliphatic heterocycles. The van der Waals surface area contributed by atoms with Gasteiger partial charge in [-0.1, -0.05) is 0 Å². The Hall–Kier alpha value is -4.06. The highest BCUT2D eigenvalue weighted by atomic mass is 32.2. The van der Waals surface area contributed by atoms with Crippen LogP contribution in [0, 0.1) is 5.82 Å². The molecular formula is C21H19FN6O4S. The first kappa shape index (κ1) is 22.1. The number of hydrogen-bond acceptors (Lipinski definition) is 6. The quantitative estimate of drug-likeness (QED) is 0.546. The van der Waals surface area contributed by atoms with E-state index in [2.05, 4.69) is 20.0 Å². The third kappa shape index (κ3) is 5.23. The van der Waals surface area contributed by atoms with E-state index >= 15 is 0 Å². The number of amides is 3. The van der Waals surface area contributed by atoms with E-state index in [0.29, 0.717) is 24.5 Å². The minimum Gasteiger partial charge on any atom is -0.325 e. The molecule has 0 saturated carbocycles. The molecule has 0 atom stereocenters. The van der Waals surface area contributed by atoms with Crippen LogP contribution in [-0.4, -0.2) is 54.9 Å². The Labute approximate surface area is 189 Å². The Morgan fingerprint density at radius 3 is 2.33 bits per heavy atom. The third-order valence-corrected chi connectivity index (χ3v) is 6.15. The summed E-state index contributed by atoms with van der Waals surface area (Å²) in [6.45, 7) is 0.542. The molecule has 1 aromatic heterocycles. The molecule has 0 radical (unpaired) electrons. The molecule has 2 heterocycles. The molecule has 2 N–H and O–H groups in total. The van der Waals surface area contributed by atoms with Crippen molar-refractivity contribution < 1.29 is 22.4 Å². The highest BCUT2D eigenvalue weighted by Gasteiger charge is 2.30. The average Bonchev–Trinajstić information content (AvgIpc) is 3.15. The van der Waals surface area contributed by atoms with Crippen LogP contribution in [-0.2, 0) is 14.8 Å². The van der Waals surface area contributed by atoms with Crippen LogP contribution in [0.1, 0.15) is 0 Å². The maximum Gasteiger partial charge on any atom is 0.325 e. The lowest BCUT2D eigenvalue weighted by atomic mass is 10.3. The molecule has 1 fully saturated rings. The summed E-state index contributed by atoms with van der Waals surface area (Å²) < 4.78 is 40.2. The summed E-state index contributed by atoms with van der Waals surface area (Å²) in [5.41, 5.74) is 0.924. The van der Waals surface area contributed by atoms with E-state index in [1.54, 1.807) is 6.07 Å². The highest BCUT2D eigenvalue weighted by Crippen LogP contribution is 2.21. The molecule has 0 unspecified atom stereocenters. The summed E-state index contributed by atoms with van der Waals surface area (Å²) in [4.78, 5) is 35.4. The third-order valence-electron chi connectivity index (χ3n) is 4.81. The van der Waals surface area contributed by atoms with Crippen LogP contribution in [0.4, 0.5) is 26.5 Å². The SMILES string of the molecule is O=C(CN1CCN(c2ccc(F)cc2)C1=O)Nc1ccc(S(=O)(=O)Nc2ncccn2)cc1. The molecule has 1 saturated heterocycles. The largest absolute Gasteiger partial charge is 0.325 e. The first-order valence-electron chi connectivity index (χ1n) is 9.83. The van der Waals surface area contributed by atoms with E-state index in [1.807, 2.05) is 0 Å². The van der Waals surface area contributed by atoms with Crippen molar-refractivity contribution in [3.05, 3.63) is 72.8 Å². The van der Waals surface area contributed by atoms with Crippen LogP contribution in [0.5, 0.6) is 0 Å². The Morgan fingerprint density at radius 2 is 1.67 bits per heavy atom. The molecule has 3 amide bonds. The van der Waals surface area contributed by atoms with Crippen LogP contribution in [0.3, 0.4) is 0 Å². The number of urea groups is 1. The van der Waals surface area contributed by atoms with Gasteiger partial charge in [-0.05, 0) is 54.6 Å². The van der Waals surface area contributed by atoms with Gasteiger partial charge in [-0.2, -0.15) is 0 Å². The number of anilines is 3. The molecule has 3 aromatic rings. The number of carbonyl (C=O) groups excluding carboxylic acids is 2. The lowest BCUT2D eigenvalue weighted by Crippen LogP contribution is -2.37. The van der Waals surface area contributed by atoms with E-state index in [-0.39, 0.29) is 23.4 Å². The molecule has 33 heavy (non-hydrogen) atoms. The Balaban J connectivity index is 1.34. The van der Waals surface area contributed by atoms with Gasteiger partial charge in [0.1, 0.15) is 12.4 Å². The number of aromatic nitrogens is 2. The Bertz CT molecular complexity index is 1250. The standard InChI is InChI=1S/C21H19FN6O4S/c22-15-2-6-17(7-3-15)28-13-12-27(21(28)30)14-19(29)25-16-4-8-18(9-5-16)33(31,32)26-20-23-10-1-11-24-20/h1-11H,12-14H2,(H,25,29)(H,23,24,26). The predicted molar refractivity (Wildman–Crippen MR) is 119 cm³/mol. The van der Waals surface area contributed by atoms with Crippen molar-refractivity contribution in [3.63, 3.8) is 0 Å². The molecule has 170 valence electrons. The van der Waals surface area contributed by atoms with Gasteiger partial charge in [0, 0.05) is 36.9 Å². The topological polar surface area (TPSA) is 125 Å². The predicted octanol–water partition coefficient (Wildman–Crippen LogP) is 2.30. The second kappa shape index (κ2) is 9.20. The second-order valence-corrected chi connectivity index (χ2v) is 8.77. The van der Waals surface area contributed by atoms with Gasteiger partial charge >= 0.3 is 6.03 Å². The highest BCUT2D eigenvalue weighted by molar-refractivity contribution is 7.92. The van der Waals surface area contributed by atoms with Gasteiger partial charge in [0.2, 0.25) is 11.9 Å². The average molecular weight is 470 g/mol. The minimum atomic E-state index is -3.89. The van der Waals surface area contributed by atoms with Crippen LogP contribution >= 0.6 is 0 Å². The van der Waals surface area contributed by atoms with Gasteiger partial charge in [-0.25, -0.2) is 32.3 Å². The number of nitrogens with one attached hydrogen (secondary N) is 2. The summed E-state index contributed by atoms with van der Waals surface area (Å²) in [6, 6.07) is 12.3. The van der Waals surface area contributed by atoms with Crippen molar-refractivity contribution >= 4 is 39.3 Å². The lowest BCUT2D eigenvalue weighted by molar-refractivity contribution is -0.116. The monoisotopic (exact) mass is 470 g/mol. The zero-order valence-corrected chi connectivity index (χ0v) is 18.0. The summed E-state index contributed by atoms with van der Waals surface area (Å²) in [6.07, 6.45) is 2.82. The summed E-state index contributed by atoms with van der Waals surface area (Å²) in [5.74, 6) is -0.889. The normalized spacial score (nSPS) is 13.8. The number of sulfonamides is 1. The number of nitrogens with zero attached hydrogens (tertiary/aromatic N) is 4. The zero-order valence-electron chi connectivity index (χ0n) is 17.2. The van der Waals surface area contributed by atoms with Crippen LogP contribution in [0.2, 0.25) is 0 Å². The maximum absolute atomic E-state index is 13.1. The van der Waals surface area contributed by atoms with Gasteiger partial charge < -0.3 is 10.2 Å². The van der Waals surface area contributed by atoms with Gasteiger partial charge in [-0.15, -0.1) is 0 Å². The molecule has 4 rings (SSSR count). The first-order valence-corrected chi connectivity index (χ1v) is 11.3. The Morgan fingerprint density at radius 1 is 1.00 bits per heavy atom. The Kier molecular flexibility index (Phi) is 6.18. The molecule has 2 aromatic carbocycles. The van der Waals surface area contributed by atoms with Gasteiger partial charge in [-0.3, -0.25) is 9.69 Å². The van der Waals surface area contributed by atoms with Crippen LogP contribution < -0.4 is 14.9 Å². The minimum absolute atomic E-state index is 0.0300. The summed E-state index contributed by atoms with van der Waals surface area (Å²) in [7, 11) is -3.89. The van der Waals surface area contributed by atoms with Crippen molar-refractivity contribution in [3.8, 4) is 0 Å². The van der Waals surface area contributed by atoms with E-state index in [9.17, 15) is 22.4 Å². The van der Waals surface area contributed by atoms with Gasteiger partial charge in [0.05, 0.1) is 4.90 Å². The molecule has 1 aliphatic rings. The molecule has 0 aliphatic carbocycles. The molecule has 12 heteroatoms. The molecular weight excluding hydrogens is 451 g/mol. The number of carbonyl (C=O) groups is 2. The summed E-state index contributed by atoms with van der Waals surface area (Å²) in [5, 5.41) is 2.64. The number of benzene rings is 2. The van der Waals surface area contributed by atoms with E-state index in [1.165, 1.54) is 70.7 Å². The van der Waals surface area contributed by atoms with Crippen LogP contribution in [0.15, 0.2) is 71.9 Å². The molecule has 0 bridgehead atoms. The van der Waals surface area contributed by atoms with E-state index < -0.39 is 21.7 Å². The van der Waals surface area contributed by atoms with Crippen molar-refractivity contribution in [2.75, 3.05) is 34.6 Å². The zero-order chi connectivity index (χ0) is 23.4. The van der Waals surface area contributed by atoms with Crippen molar-refractivity contribution in [2.45, 2.75) is 4.90 Å². The molecule has 0 spiro atoms. The van der Waals surface area contributed by atoms with Crippen molar-refractivity contribution in [1.82, 2.24) is 14.9 Å². The number of halogens is 1. The number of hydrogen-bond donors (Lipinski definition) is 2. The van der Waals surface area contributed by atoms with Gasteiger partial charge in [0.15, 0.2) is 0 Å². The van der Waals surface area contributed by atoms with Crippen molar-refractivity contribution in [1.29, 1.82) is 0 Å². The van der Waals surface area contributed by atoms with Gasteiger partial charge in [0.25, 0.3) is 10.0 Å². The second-order valence-electron chi connectivity index (χ2n) is 7.08. The fraction of sp³-hybridized carbons (Fsp3) is 0.143. The van der Waals surface area contributed by atoms with Crippen molar-refractivity contribution in [2.24, 2.45) is 0 Å². The first-order chi connectivity index (χ1) is 15.8. The van der Waals surface area contributed by atoms with E-state index in [4.69, 9.17) is 0 Å². The maximum atomic E-state index is 13.1. The lowest BCUT2D eigenvalue weighted by Gasteiger charge is -2.18.